The second-order valence-electron chi connectivity index (χ2n) is 5.35. The van der Waals surface area contributed by atoms with Crippen molar-refractivity contribution in [2.45, 2.75) is 13.8 Å². The molecule has 0 saturated carbocycles. The molecule has 0 atom stereocenters. The summed E-state index contributed by atoms with van der Waals surface area (Å²) in [4.78, 5) is 9.14. The summed E-state index contributed by atoms with van der Waals surface area (Å²) < 4.78 is 0. The van der Waals surface area contributed by atoms with Gasteiger partial charge in [-0.05, 0) is 36.8 Å². The van der Waals surface area contributed by atoms with E-state index in [1.807, 2.05) is 0 Å². The summed E-state index contributed by atoms with van der Waals surface area (Å²) in [6.07, 6.45) is 3.54. The number of aryl methyl sites for hydroxylation is 2. The van der Waals surface area contributed by atoms with Gasteiger partial charge in [-0.15, -0.1) is 0 Å². The zero-order valence-corrected chi connectivity index (χ0v) is 11.5. The third-order valence-electron chi connectivity index (χ3n) is 3.85. The Morgan fingerprint density at radius 1 is 0.600 bits per heavy atom. The molecule has 2 heteroatoms. The van der Waals surface area contributed by atoms with Crippen molar-refractivity contribution in [1.29, 1.82) is 0 Å². The molecule has 20 heavy (non-hydrogen) atoms. The van der Waals surface area contributed by atoms with Crippen molar-refractivity contribution in [3.63, 3.8) is 0 Å². The minimum absolute atomic E-state index is 0.990. The molecule has 0 bridgehead atoms. The van der Waals surface area contributed by atoms with E-state index in [-0.39, 0.29) is 0 Å². The van der Waals surface area contributed by atoms with Crippen LogP contribution in [0, 0.1) is 13.8 Å². The number of benzene rings is 3. The van der Waals surface area contributed by atoms with Crippen LogP contribution in [0.15, 0.2) is 48.8 Å². The first-order valence-corrected chi connectivity index (χ1v) is 6.77. The monoisotopic (exact) mass is 258 g/mol. The first-order valence-electron chi connectivity index (χ1n) is 6.77. The molecule has 0 aliphatic rings. The molecule has 0 aliphatic carbocycles. The maximum absolute atomic E-state index is 4.57. The van der Waals surface area contributed by atoms with Crippen LogP contribution in [-0.2, 0) is 0 Å². The number of nitrogens with zero attached hydrogens (tertiary/aromatic N) is 2. The van der Waals surface area contributed by atoms with Gasteiger partial charge in [0.1, 0.15) is 0 Å². The van der Waals surface area contributed by atoms with E-state index in [9.17, 15) is 0 Å². The molecule has 1 aromatic heterocycles. The Morgan fingerprint density at radius 3 is 1.50 bits per heavy atom. The summed E-state index contributed by atoms with van der Waals surface area (Å²) in [7, 11) is 0. The fraction of sp³-hybridized carbons (Fsp3) is 0.111. The van der Waals surface area contributed by atoms with Crippen LogP contribution in [0.4, 0.5) is 0 Å². The second kappa shape index (κ2) is 4.01. The van der Waals surface area contributed by atoms with Crippen molar-refractivity contribution in [3.05, 3.63) is 59.9 Å². The normalized spacial score (nSPS) is 11.5. The van der Waals surface area contributed by atoms with E-state index in [0.717, 1.165) is 11.0 Å². The smallest absolute Gasteiger partial charge is 0.0971 e. The highest BCUT2D eigenvalue weighted by molar-refractivity contribution is 6.23. The van der Waals surface area contributed by atoms with Crippen LogP contribution < -0.4 is 0 Å². The van der Waals surface area contributed by atoms with Gasteiger partial charge < -0.3 is 0 Å². The van der Waals surface area contributed by atoms with Crippen LogP contribution in [0.5, 0.6) is 0 Å². The standard InChI is InChI=1S/C18H14N2/c1-11-3-5-13-14-6-4-12(2)10-16(14)18-17(15(13)9-11)19-7-8-20-18/h3-10H,1-2H3. The first kappa shape index (κ1) is 11.4. The molecule has 4 rings (SSSR count). The van der Waals surface area contributed by atoms with Crippen LogP contribution in [0.3, 0.4) is 0 Å². The van der Waals surface area contributed by atoms with Crippen molar-refractivity contribution in [1.82, 2.24) is 9.97 Å². The predicted octanol–water partition coefficient (Wildman–Crippen LogP) is 4.55. The van der Waals surface area contributed by atoms with E-state index in [4.69, 9.17) is 0 Å². The van der Waals surface area contributed by atoms with Crippen molar-refractivity contribution >= 4 is 32.6 Å². The molecule has 2 nitrogen and oxygen atoms in total. The Balaban J connectivity index is 2.40. The number of aromatic nitrogens is 2. The maximum atomic E-state index is 4.57. The topological polar surface area (TPSA) is 25.8 Å². The van der Waals surface area contributed by atoms with Crippen LogP contribution in [0.1, 0.15) is 11.1 Å². The molecule has 0 unspecified atom stereocenters. The minimum Gasteiger partial charge on any atom is -0.252 e. The average Bonchev–Trinajstić information content (AvgIpc) is 2.47. The van der Waals surface area contributed by atoms with Gasteiger partial charge in [-0.1, -0.05) is 35.4 Å². The van der Waals surface area contributed by atoms with Crippen LogP contribution in [0.2, 0.25) is 0 Å². The zero-order chi connectivity index (χ0) is 13.7. The van der Waals surface area contributed by atoms with Gasteiger partial charge in [-0.25, -0.2) is 0 Å². The number of hydrogen-bond acceptors (Lipinski definition) is 2. The molecule has 1 heterocycles. The Bertz CT molecular complexity index is 870. The van der Waals surface area contributed by atoms with Crippen LogP contribution in [-0.4, -0.2) is 9.97 Å². The molecular weight excluding hydrogens is 244 g/mol. The summed E-state index contributed by atoms with van der Waals surface area (Å²) in [5.41, 5.74) is 4.47. The van der Waals surface area contributed by atoms with Crippen molar-refractivity contribution in [3.8, 4) is 0 Å². The van der Waals surface area contributed by atoms with Gasteiger partial charge in [0.25, 0.3) is 0 Å². The minimum atomic E-state index is 0.990. The lowest BCUT2D eigenvalue weighted by molar-refractivity contribution is 1.31. The zero-order valence-electron chi connectivity index (χ0n) is 11.5. The van der Waals surface area contributed by atoms with Gasteiger partial charge in [0.05, 0.1) is 11.0 Å². The Hall–Kier alpha value is -2.48. The lowest BCUT2D eigenvalue weighted by Gasteiger charge is -2.10. The highest BCUT2D eigenvalue weighted by atomic mass is 14.8. The molecule has 96 valence electrons. The fourth-order valence-corrected chi connectivity index (χ4v) is 2.91. The SMILES string of the molecule is Cc1ccc2c3ccc(C)cc3c3nccnc3c2c1. The molecule has 0 aliphatic heterocycles. The summed E-state index contributed by atoms with van der Waals surface area (Å²) in [6.45, 7) is 4.22. The Kier molecular flexibility index (Phi) is 2.27. The van der Waals surface area contributed by atoms with E-state index in [1.54, 1.807) is 12.4 Å². The molecule has 0 saturated heterocycles. The molecule has 0 fully saturated rings. The van der Waals surface area contributed by atoms with E-state index in [1.165, 1.54) is 32.7 Å². The number of hydrogen-bond donors (Lipinski definition) is 0. The molecule has 0 radical (unpaired) electrons. The largest absolute Gasteiger partial charge is 0.252 e. The molecule has 3 aromatic carbocycles. The van der Waals surface area contributed by atoms with E-state index >= 15 is 0 Å². The highest BCUT2D eigenvalue weighted by Crippen LogP contribution is 2.33. The molecule has 0 amide bonds. The lowest BCUT2D eigenvalue weighted by atomic mass is 9.97. The highest BCUT2D eigenvalue weighted by Gasteiger charge is 2.10. The van der Waals surface area contributed by atoms with Crippen LogP contribution in [0.25, 0.3) is 32.6 Å². The van der Waals surface area contributed by atoms with Gasteiger partial charge in [-0.2, -0.15) is 0 Å². The van der Waals surface area contributed by atoms with Crippen molar-refractivity contribution < 1.29 is 0 Å². The summed E-state index contributed by atoms with van der Waals surface area (Å²) in [5.74, 6) is 0. The van der Waals surface area contributed by atoms with Gasteiger partial charge in [0.15, 0.2) is 0 Å². The number of fused-ring (bicyclic) bond motifs is 6. The fourth-order valence-electron chi connectivity index (χ4n) is 2.91. The molecular formula is C18H14N2. The van der Waals surface area contributed by atoms with E-state index < -0.39 is 0 Å². The predicted molar refractivity (Wildman–Crippen MR) is 84.0 cm³/mol. The Morgan fingerprint density at radius 2 is 1.05 bits per heavy atom. The summed E-state index contributed by atoms with van der Waals surface area (Å²) in [6, 6.07) is 13.1. The number of rotatable bonds is 0. The van der Waals surface area contributed by atoms with Crippen molar-refractivity contribution in [2.24, 2.45) is 0 Å². The van der Waals surface area contributed by atoms with Crippen molar-refractivity contribution in [2.75, 3.05) is 0 Å². The molecule has 4 aromatic rings. The van der Waals surface area contributed by atoms with Gasteiger partial charge in [0, 0.05) is 23.2 Å². The maximum Gasteiger partial charge on any atom is 0.0971 e. The molecule has 0 spiro atoms. The average molecular weight is 258 g/mol. The first-order chi connectivity index (χ1) is 9.74. The second-order valence-corrected chi connectivity index (χ2v) is 5.35. The quantitative estimate of drug-likeness (QED) is 0.432. The molecule has 0 N–H and O–H groups in total. The Labute approximate surface area is 117 Å². The van der Waals surface area contributed by atoms with Gasteiger partial charge >= 0.3 is 0 Å². The summed E-state index contributed by atoms with van der Waals surface area (Å²) in [5, 5.41) is 4.87. The van der Waals surface area contributed by atoms with E-state index in [2.05, 4.69) is 60.2 Å². The van der Waals surface area contributed by atoms with Crippen LogP contribution >= 0.6 is 0 Å². The van der Waals surface area contributed by atoms with E-state index in [0.29, 0.717) is 0 Å². The third kappa shape index (κ3) is 1.51. The third-order valence-corrected chi connectivity index (χ3v) is 3.85. The van der Waals surface area contributed by atoms with Gasteiger partial charge in [-0.3, -0.25) is 9.97 Å². The summed E-state index contributed by atoms with van der Waals surface area (Å²) >= 11 is 0. The lowest BCUT2D eigenvalue weighted by Crippen LogP contribution is -1.89. The van der Waals surface area contributed by atoms with Gasteiger partial charge in [0.2, 0.25) is 0 Å².